The molecule has 4 aromatic rings. The predicted molar refractivity (Wildman–Crippen MR) is 115 cm³/mol. The minimum absolute atomic E-state index is 0.0373. The van der Waals surface area contributed by atoms with Crippen LogP contribution in [0.3, 0.4) is 0 Å². The first kappa shape index (κ1) is 20.8. The number of rotatable bonds is 6. The zero-order chi connectivity index (χ0) is 22.2. The molecule has 0 aliphatic carbocycles. The second-order valence-corrected chi connectivity index (χ2v) is 8.99. The summed E-state index contributed by atoms with van der Waals surface area (Å²) in [6, 6.07) is 8.66. The molecule has 0 spiro atoms. The van der Waals surface area contributed by atoms with Crippen LogP contribution in [0.1, 0.15) is 5.56 Å². The van der Waals surface area contributed by atoms with Crippen molar-refractivity contribution < 1.29 is 8.42 Å². The number of anilines is 1. The number of aromatic amines is 2. The fourth-order valence-electron chi connectivity index (χ4n) is 3.26. The Morgan fingerprint density at radius 3 is 2.61 bits per heavy atom. The summed E-state index contributed by atoms with van der Waals surface area (Å²) in [5.74, 6) is 0.627. The molecule has 0 aliphatic heterocycles. The molecule has 0 atom stereocenters. The summed E-state index contributed by atoms with van der Waals surface area (Å²) in [5.41, 5.74) is 13.7. The van der Waals surface area contributed by atoms with Gasteiger partial charge in [0.25, 0.3) is 0 Å². The Balaban J connectivity index is 2.12. The second-order valence-electron chi connectivity index (χ2n) is 6.35. The van der Waals surface area contributed by atoms with Crippen LogP contribution in [0.2, 0.25) is 0 Å². The van der Waals surface area contributed by atoms with E-state index in [0.717, 1.165) is 0 Å². The van der Waals surface area contributed by atoms with Crippen molar-refractivity contribution in [3.05, 3.63) is 29.8 Å². The molecular weight excluding hydrogens is 440 g/mol. The van der Waals surface area contributed by atoms with Gasteiger partial charge in [0, 0.05) is 22.8 Å². The Labute approximate surface area is 180 Å². The van der Waals surface area contributed by atoms with Crippen LogP contribution in [0.5, 0.6) is 0 Å². The summed E-state index contributed by atoms with van der Waals surface area (Å²) in [7, 11) is -4.20. The molecule has 4 rings (SSSR count). The average Bonchev–Trinajstić information content (AvgIpc) is 3.39. The monoisotopic (exact) mass is 456 g/mol. The fraction of sp³-hybridized carbons (Fsp3) is 0.118. The van der Waals surface area contributed by atoms with Crippen molar-refractivity contribution >= 4 is 38.8 Å². The number of nitrogens with two attached hydrogens (primary N) is 3. The molecule has 0 unspecified atom stereocenters. The number of fused-ring (bicyclic) bond motifs is 1. The molecule has 14 heteroatoms. The van der Waals surface area contributed by atoms with Gasteiger partial charge in [0.2, 0.25) is 15.8 Å². The molecule has 0 fully saturated rings. The van der Waals surface area contributed by atoms with E-state index in [-0.39, 0.29) is 22.2 Å². The highest BCUT2D eigenvalue weighted by Crippen LogP contribution is 2.42. The van der Waals surface area contributed by atoms with Gasteiger partial charge in [-0.2, -0.15) is 10.5 Å². The van der Waals surface area contributed by atoms with E-state index >= 15 is 0 Å². The number of H-pyrrole nitrogens is 2. The summed E-state index contributed by atoms with van der Waals surface area (Å²) in [4.78, 5) is 7.41. The molecule has 0 saturated carbocycles. The summed E-state index contributed by atoms with van der Waals surface area (Å²) in [5, 5.41) is 28.9. The maximum Gasteiger partial charge on any atom is 0.239 e. The van der Waals surface area contributed by atoms with Crippen LogP contribution in [-0.2, 0) is 10.0 Å². The number of imidazole rings is 1. The molecule has 2 heterocycles. The van der Waals surface area contributed by atoms with E-state index in [1.165, 1.54) is 11.8 Å². The highest BCUT2D eigenvalue weighted by molar-refractivity contribution is 8.00. The summed E-state index contributed by atoms with van der Waals surface area (Å²) >= 11 is 1.25. The lowest BCUT2D eigenvalue weighted by Crippen LogP contribution is -2.16. The quantitative estimate of drug-likeness (QED) is 0.254. The van der Waals surface area contributed by atoms with Crippen LogP contribution in [0.4, 0.5) is 5.95 Å². The van der Waals surface area contributed by atoms with Gasteiger partial charge in [0.1, 0.15) is 11.0 Å². The van der Waals surface area contributed by atoms with Crippen LogP contribution in [0.25, 0.3) is 33.5 Å². The lowest BCUT2D eigenvalue weighted by atomic mass is 9.96. The van der Waals surface area contributed by atoms with Crippen molar-refractivity contribution in [3.63, 3.8) is 0 Å². The van der Waals surface area contributed by atoms with Crippen LogP contribution in [0, 0.1) is 11.3 Å². The fourth-order valence-corrected chi connectivity index (χ4v) is 5.36. The summed E-state index contributed by atoms with van der Waals surface area (Å²) < 4.78 is 25.3. The van der Waals surface area contributed by atoms with E-state index in [0.29, 0.717) is 44.9 Å². The average molecular weight is 457 g/mol. The minimum atomic E-state index is -4.20. The Morgan fingerprint density at radius 1 is 1.19 bits per heavy atom. The lowest BCUT2D eigenvalue weighted by molar-refractivity contribution is 0.596. The number of primary sulfonamides is 1. The van der Waals surface area contributed by atoms with Gasteiger partial charge in [-0.15, -0.1) is 22.0 Å². The van der Waals surface area contributed by atoms with Gasteiger partial charge in [-0.3, -0.25) is 0 Å². The summed E-state index contributed by atoms with van der Waals surface area (Å²) in [6.07, 6.45) is 0. The van der Waals surface area contributed by atoms with Crippen molar-refractivity contribution in [2.45, 2.75) is 9.79 Å². The van der Waals surface area contributed by atoms with E-state index in [1.807, 2.05) is 0 Å². The molecule has 0 aliphatic rings. The van der Waals surface area contributed by atoms with E-state index in [1.54, 1.807) is 24.3 Å². The highest BCUT2D eigenvalue weighted by atomic mass is 32.2. The second kappa shape index (κ2) is 7.96. The Morgan fingerprint density at radius 2 is 1.97 bits per heavy atom. The van der Waals surface area contributed by atoms with Crippen LogP contribution in [-0.4, -0.2) is 51.3 Å². The van der Waals surface area contributed by atoms with Crippen LogP contribution < -0.4 is 16.6 Å². The molecule has 0 bridgehead atoms. The summed E-state index contributed by atoms with van der Waals surface area (Å²) in [6.45, 7) is 0.344. The zero-order valence-corrected chi connectivity index (χ0v) is 17.5. The van der Waals surface area contributed by atoms with E-state index in [9.17, 15) is 13.7 Å². The predicted octanol–water partition coefficient (Wildman–Crippen LogP) is 0.562. The molecule has 2 aromatic carbocycles. The molecule has 0 radical (unpaired) electrons. The molecular formula is C17H16N10O2S2. The van der Waals surface area contributed by atoms with Crippen molar-refractivity contribution in [2.24, 2.45) is 10.9 Å². The van der Waals surface area contributed by atoms with E-state index in [4.69, 9.17) is 16.6 Å². The number of thioether (sulfide) groups is 1. The molecule has 0 saturated heterocycles. The van der Waals surface area contributed by atoms with E-state index in [2.05, 4.69) is 36.7 Å². The molecule has 0 amide bonds. The number of nitrogen functional groups attached to an aromatic ring is 1. The van der Waals surface area contributed by atoms with Crippen LogP contribution in [0.15, 0.2) is 34.1 Å². The number of benzene rings is 2. The van der Waals surface area contributed by atoms with Gasteiger partial charge < -0.3 is 16.5 Å². The minimum Gasteiger partial charge on any atom is -0.369 e. The Hall–Kier alpha value is -3.51. The number of hydrogen-bond donors (Lipinski definition) is 5. The molecule has 12 nitrogen and oxygen atoms in total. The Kier molecular flexibility index (Phi) is 5.33. The van der Waals surface area contributed by atoms with Crippen molar-refractivity contribution in [1.29, 1.82) is 5.26 Å². The maximum absolute atomic E-state index is 12.6. The van der Waals surface area contributed by atoms with Gasteiger partial charge in [-0.1, -0.05) is 12.1 Å². The third-order valence-electron chi connectivity index (χ3n) is 4.42. The third-order valence-corrected chi connectivity index (χ3v) is 6.64. The maximum atomic E-state index is 12.6. The number of sulfonamides is 1. The van der Waals surface area contributed by atoms with Gasteiger partial charge in [0.05, 0.1) is 22.2 Å². The number of nitrogens with zero attached hydrogens (tertiary/aromatic N) is 5. The standard InChI is InChI=1S/C17H16N10O2S2/c18-5-6-30-11-4-3-9(12(15(11)31(21,28)29)16-24-26-27-25-16)10-2-1-8(7-19)13-14(10)23-17(20)22-13/h1-4H,5-6,18H2,(H3,20,22,23)(H2,21,28,29)(H,24,25,26,27). The van der Waals surface area contributed by atoms with Gasteiger partial charge in [0.15, 0.2) is 5.95 Å². The number of tetrazole rings is 1. The normalized spacial score (nSPS) is 11.6. The van der Waals surface area contributed by atoms with Crippen LogP contribution >= 0.6 is 11.8 Å². The van der Waals surface area contributed by atoms with Gasteiger partial charge in [-0.25, -0.2) is 18.5 Å². The van der Waals surface area contributed by atoms with E-state index < -0.39 is 10.0 Å². The largest absolute Gasteiger partial charge is 0.369 e. The smallest absolute Gasteiger partial charge is 0.239 e. The first-order valence-electron chi connectivity index (χ1n) is 8.80. The van der Waals surface area contributed by atoms with Crippen molar-refractivity contribution in [3.8, 4) is 28.6 Å². The first-order chi connectivity index (χ1) is 14.8. The lowest BCUT2D eigenvalue weighted by Gasteiger charge is -2.16. The number of hydrogen-bond acceptors (Lipinski definition) is 10. The Bertz CT molecular complexity index is 1420. The number of nitrogens with one attached hydrogen (secondary N) is 2. The SMILES string of the molecule is N#Cc1ccc(-c2ccc(SCCN)c(S(N)(=O)=O)c2-c2nn[nH]n2)c2nc(N)[nH]c12. The van der Waals surface area contributed by atoms with Gasteiger partial charge >= 0.3 is 0 Å². The molecule has 2 aromatic heterocycles. The molecule has 8 N–H and O–H groups in total. The topological polar surface area (TPSA) is 219 Å². The third kappa shape index (κ3) is 3.70. The van der Waals surface area contributed by atoms with Crippen molar-refractivity contribution in [1.82, 2.24) is 30.6 Å². The highest BCUT2D eigenvalue weighted by Gasteiger charge is 2.28. The molecule has 158 valence electrons. The number of aromatic nitrogens is 6. The molecule has 31 heavy (non-hydrogen) atoms. The van der Waals surface area contributed by atoms with Gasteiger partial charge in [-0.05, 0) is 22.9 Å². The zero-order valence-electron chi connectivity index (χ0n) is 15.8. The van der Waals surface area contributed by atoms with Crippen molar-refractivity contribution in [2.75, 3.05) is 18.0 Å². The first-order valence-corrected chi connectivity index (χ1v) is 11.3. The number of nitriles is 1.